The van der Waals surface area contributed by atoms with Crippen molar-refractivity contribution in [2.24, 2.45) is 10.9 Å². The Labute approximate surface area is 184 Å². The SMILES string of the molecule is CCNC(=NCc1ncc(C)s1)NCC1CCN(S(=O)(=O)C(F)(F)F)CC1.I. The maximum absolute atomic E-state index is 12.6. The minimum Gasteiger partial charge on any atom is -0.357 e. The molecular weight excluding hydrogens is 530 g/mol. The fourth-order valence-corrected chi connectivity index (χ4v) is 4.40. The molecule has 0 radical (unpaired) electrons. The Balaban J connectivity index is 0.00000392. The van der Waals surface area contributed by atoms with E-state index in [1.165, 1.54) is 0 Å². The van der Waals surface area contributed by atoms with Crippen molar-refractivity contribution in [3.05, 3.63) is 16.1 Å². The van der Waals surface area contributed by atoms with Gasteiger partial charge in [0.2, 0.25) is 0 Å². The molecule has 0 spiro atoms. The molecule has 2 rings (SSSR count). The summed E-state index contributed by atoms with van der Waals surface area (Å²) in [5.74, 6) is 0.686. The van der Waals surface area contributed by atoms with Crippen molar-refractivity contribution in [3.8, 4) is 0 Å². The summed E-state index contributed by atoms with van der Waals surface area (Å²) < 4.78 is 61.2. The Kier molecular flexibility index (Phi) is 9.89. The number of rotatable bonds is 6. The van der Waals surface area contributed by atoms with Crippen molar-refractivity contribution in [1.29, 1.82) is 0 Å². The minimum absolute atomic E-state index is 0. The van der Waals surface area contributed by atoms with Crippen LogP contribution in [0, 0.1) is 12.8 Å². The molecule has 1 saturated heterocycles. The monoisotopic (exact) mass is 555 g/mol. The molecule has 2 heterocycles. The molecule has 1 fully saturated rings. The average molecular weight is 555 g/mol. The van der Waals surface area contributed by atoms with E-state index in [0.717, 1.165) is 9.88 Å². The van der Waals surface area contributed by atoms with Crippen molar-refractivity contribution in [1.82, 2.24) is 19.9 Å². The molecule has 2 N–H and O–H groups in total. The predicted octanol–water partition coefficient (Wildman–Crippen LogP) is 2.69. The zero-order chi connectivity index (χ0) is 20.1. The van der Waals surface area contributed by atoms with Crippen molar-refractivity contribution in [3.63, 3.8) is 0 Å². The summed E-state index contributed by atoms with van der Waals surface area (Å²) in [4.78, 5) is 9.82. The summed E-state index contributed by atoms with van der Waals surface area (Å²) in [6.45, 7) is 5.29. The van der Waals surface area contributed by atoms with Crippen molar-refractivity contribution in [2.45, 2.75) is 38.7 Å². The maximum Gasteiger partial charge on any atom is 0.511 e. The number of piperidine rings is 1. The van der Waals surface area contributed by atoms with E-state index in [1.807, 2.05) is 13.8 Å². The topological polar surface area (TPSA) is 86.7 Å². The van der Waals surface area contributed by atoms with Gasteiger partial charge in [-0.3, -0.25) is 0 Å². The highest BCUT2D eigenvalue weighted by Gasteiger charge is 2.50. The van der Waals surface area contributed by atoms with Crippen LogP contribution in [-0.2, 0) is 16.6 Å². The van der Waals surface area contributed by atoms with Crippen LogP contribution in [-0.4, -0.2) is 55.4 Å². The molecule has 1 aromatic heterocycles. The Morgan fingerprint density at radius 3 is 2.50 bits per heavy atom. The van der Waals surface area contributed by atoms with Gasteiger partial charge in [-0.1, -0.05) is 0 Å². The normalized spacial score (nSPS) is 17.2. The number of aliphatic imine (C=N–C) groups is 1. The van der Waals surface area contributed by atoms with Crippen molar-refractivity contribution < 1.29 is 21.6 Å². The lowest BCUT2D eigenvalue weighted by molar-refractivity contribution is -0.0496. The van der Waals surface area contributed by atoms with Gasteiger partial charge in [-0.15, -0.1) is 35.3 Å². The van der Waals surface area contributed by atoms with E-state index in [-0.39, 0.29) is 43.0 Å². The first-order valence-corrected chi connectivity index (χ1v) is 10.9. The second kappa shape index (κ2) is 10.9. The van der Waals surface area contributed by atoms with Crippen LogP contribution in [0.2, 0.25) is 0 Å². The van der Waals surface area contributed by atoms with E-state index >= 15 is 0 Å². The molecule has 7 nitrogen and oxygen atoms in total. The average Bonchev–Trinajstić information content (AvgIpc) is 3.02. The number of guanidine groups is 1. The smallest absolute Gasteiger partial charge is 0.357 e. The highest BCUT2D eigenvalue weighted by Crippen LogP contribution is 2.30. The number of nitrogens with zero attached hydrogens (tertiary/aromatic N) is 3. The second-order valence-electron chi connectivity index (χ2n) is 6.23. The quantitative estimate of drug-likeness (QED) is 0.321. The number of hydrogen-bond acceptors (Lipinski definition) is 5. The standard InChI is InChI=1S/C15H24F3N5O2S2.HI/c1-3-19-14(22-10-13-20-8-11(2)26-13)21-9-12-4-6-23(7-5-12)27(24,25)15(16,17)18;/h8,12H,3-7,9-10H2,1-2H3,(H2,19,21,22);1H. The highest BCUT2D eigenvalue weighted by molar-refractivity contribution is 14.0. The van der Waals surface area contributed by atoms with E-state index in [4.69, 9.17) is 0 Å². The first-order valence-electron chi connectivity index (χ1n) is 8.63. The molecule has 162 valence electrons. The number of aryl methyl sites for hydroxylation is 1. The zero-order valence-electron chi connectivity index (χ0n) is 15.6. The molecule has 0 atom stereocenters. The lowest BCUT2D eigenvalue weighted by Crippen LogP contribution is -2.47. The number of aromatic nitrogens is 1. The van der Waals surface area contributed by atoms with Gasteiger partial charge in [0.25, 0.3) is 0 Å². The van der Waals surface area contributed by atoms with Gasteiger partial charge in [-0.2, -0.15) is 17.5 Å². The number of sulfonamides is 1. The number of nitrogens with one attached hydrogen (secondary N) is 2. The summed E-state index contributed by atoms with van der Waals surface area (Å²) in [5.41, 5.74) is -5.24. The van der Waals surface area contributed by atoms with Gasteiger partial charge in [-0.25, -0.2) is 18.4 Å². The van der Waals surface area contributed by atoms with E-state index in [0.29, 0.717) is 42.7 Å². The molecule has 1 aliphatic heterocycles. The first kappa shape index (κ1) is 25.4. The molecule has 0 aromatic carbocycles. The molecule has 28 heavy (non-hydrogen) atoms. The predicted molar refractivity (Wildman–Crippen MR) is 114 cm³/mol. The third kappa shape index (κ3) is 6.99. The van der Waals surface area contributed by atoms with Gasteiger partial charge in [0.05, 0.1) is 6.54 Å². The number of halogens is 4. The summed E-state index contributed by atoms with van der Waals surface area (Å²) >= 11 is 1.57. The van der Waals surface area contributed by atoms with Gasteiger partial charge in [-0.05, 0) is 32.6 Å². The van der Waals surface area contributed by atoms with Crippen LogP contribution < -0.4 is 10.6 Å². The highest BCUT2D eigenvalue weighted by atomic mass is 127. The van der Waals surface area contributed by atoms with Crippen molar-refractivity contribution in [2.75, 3.05) is 26.2 Å². The van der Waals surface area contributed by atoms with E-state index in [1.54, 1.807) is 17.5 Å². The van der Waals surface area contributed by atoms with E-state index in [9.17, 15) is 21.6 Å². The van der Waals surface area contributed by atoms with Gasteiger partial charge < -0.3 is 10.6 Å². The lowest BCUT2D eigenvalue weighted by atomic mass is 9.98. The summed E-state index contributed by atoms with van der Waals surface area (Å²) in [7, 11) is -5.23. The molecule has 1 aliphatic rings. The van der Waals surface area contributed by atoms with Crippen LogP contribution in [0.3, 0.4) is 0 Å². The first-order chi connectivity index (χ1) is 12.6. The van der Waals surface area contributed by atoms with Crippen molar-refractivity contribution >= 4 is 51.3 Å². The van der Waals surface area contributed by atoms with Gasteiger partial charge in [0.1, 0.15) is 5.01 Å². The molecule has 0 bridgehead atoms. The maximum atomic E-state index is 12.6. The fourth-order valence-electron chi connectivity index (χ4n) is 2.70. The third-order valence-electron chi connectivity index (χ3n) is 4.15. The molecule has 13 heteroatoms. The van der Waals surface area contributed by atoms with E-state index < -0.39 is 15.5 Å². The Hall–Kier alpha value is -0.670. The second-order valence-corrected chi connectivity index (χ2v) is 9.48. The van der Waals surface area contributed by atoms with Gasteiger partial charge in [0, 0.05) is 37.3 Å². The van der Waals surface area contributed by atoms with Crippen LogP contribution in [0.4, 0.5) is 13.2 Å². The molecular formula is C15H25F3IN5O2S2. The molecule has 0 unspecified atom stereocenters. The number of hydrogen-bond donors (Lipinski definition) is 2. The van der Waals surface area contributed by atoms with Crippen LogP contribution in [0.15, 0.2) is 11.2 Å². The molecule has 0 aliphatic carbocycles. The molecule has 0 amide bonds. The lowest BCUT2D eigenvalue weighted by Gasteiger charge is -2.31. The molecule has 1 aromatic rings. The summed E-state index contributed by atoms with van der Waals surface area (Å²) in [6, 6.07) is 0. The fraction of sp³-hybridized carbons (Fsp3) is 0.733. The Bertz CT molecular complexity index is 747. The van der Waals surface area contributed by atoms with Gasteiger partial charge in [0.15, 0.2) is 5.96 Å². The van der Waals surface area contributed by atoms with Gasteiger partial charge >= 0.3 is 15.5 Å². The van der Waals surface area contributed by atoms with Crippen LogP contribution in [0.1, 0.15) is 29.7 Å². The van der Waals surface area contributed by atoms with Crippen LogP contribution >= 0.6 is 35.3 Å². The minimum atomic E-state index is -5.24. The third-order valence-corrected chi connectivity index (χ3v) is 6.68. The van der Waals surface area contributed by atoms with Crippen LogP contribution in [0.5, 0.6) is 0 Å². The largest absolute Gasteiger partial charge is 0.511 e. The number of alkyl halides is 3. The van der Waals surface area contributed by atoms with Crippen LogP contribution in [0.25, 0.3) is 0 Å². The summed E-state index contributed by atoms with van der Waals surface area (Å²) in [5, 5.41) is 7.19. The Morgan fingerprint density at radius 1 is 1.36 bits per heavy atom. The molecule has 0 saturated carbocycles. The zero-order valence-corrected chi connectivity index (χ0v) is 19.6. The summed E-state index contributed by atoms with van der Waals surface area (Å²) in [6.07, 6.45) is 2.53. The van der Waals surface area contributed by atoms with E-state index in [2.05, 4.69) is 20.6 Å². The number of thiazole rings is 1. The Morgan fingerprint density at radius 2 is 2.00 bits per heavy atom.